The van der Waals surface area contributed by atoms with Gasteiger partial charge >= 0.3 is 5.97 Å². The molecule has 2 unspecified atom stereocenters. The van der Waals surface area contributed by atoms with Crippen molar-refractivity contribution >= 4 is 23.6 Å². The van der Waals surface area contributed by atoms with Gasteiger partial charge in [0.2, 0.25) is 5.91 Å². The van der Waals surface area contributed by atoms with Crippen LogP contribution in [0, 0.1) is 5.92 Å². The molecule has 1 aliphatic carbocycles. The maximum absolute atomic E-state index is 12.1. The number of carboxylic acids is 1. The molecule has 0 aromatic carbocycles. The molecular weight excluding hydrogens is 288 g/mol. The van der Waals surface area contributed by atoms with Crippen LogP contribution in [0.1, 0.15) is 39.0 Å². The normalized spacial score (nSPS) is 27.0. The fraction of sp³-hybridized carbons (Fsp3) is 0.867. The number of piperidine rings is 1. The molecule has 0 bridgehead atoms. The van der Waals surface area contributed by atoms with E-state index in [1.54, 1.807) is 4.90 Å². The Balaban J connectivity index is 1.65. The zero-order valence-corrected chi connectivity index (χ0v) is 13.5. The van der Waals surface area contributed by atoms with Crippen LogP contribution in [0.15, 0.2) is 0 Å². The van der Waals surface area contributed by atoms with Gasteiger partial charge in [0.1, 0.15) is 0 Å². The van der Waals surface area contributed by atoms with Gasteiger partial charge in [0.05, 0.1) is 12.5 Å². The Morgan fingerprint density at radius 2 is 1.95 bits per heavy atom. The average Bonchev–Trinajstić information content (AvgIpc) is 2.93. The largest absolute Gasteiger partial charge is 0.481 e. The van der Waals surface area contributed by atoms with Crippen LogP contribution in [0.2, 0.25) is 0 Å². The highest BCUT2D eigenvalue weighted by Gasteiger charge is 2.28. The van der Waals surface area contributed by atoms with Crippen molar-refractivity contribution in [2.45, 2.75) is 50.3 Å². The van der Waals surface area contributed by atoms with E-state index in [9.17, 15) is 9.59 Å². The molecule has 2 atom stereocenters. The van der Waals surface area contributed by atoms with Gasteiger partial charge in [-0.25, -0.2) is 0 Å². The van der Waals surface area contributed by atoms with E-state index < -0.39 is 5.97 Å². The number of nitrogens with zero attached hydrogens (tertiary/aromatic N) is 1. The summed E-state index contributed by atoms with van der Waals surface area (Å²) in [5.41, 5.74) is 0. The summed E-state index contributed by atoms with van der Waals surface area (Å²) in [6.07, 6.45) is 4.73. The van der Waals surface area contributed by atoms with E-state index in [-0.39, 0.29) is 11.8 Å². The van der Waals surface area contributed by atoms with Crippen LogP contribution in [0.25, 0.3) is 0 Å². The monoisotopic (exact) mass is 314 g/mol. The Morgan fingerprint density at radius 1 is 1.24 bits per heavy atom. The van der Waals surface area contributed by atoms with Crippen LogP contribution >= 0.6 is 11.8 Å². The van der Waals surface area contributed by atoms with Crippen molar-refractivity contribution in [2.75, 3.05) is 25.4 Å². The Bertz CT molecular complexity index is 370. The highest BCUT2D eigenvalue weighted by atomic mass is 32.2. The Kier molecular flexibility index (Phi) is 6.36. The van der Waals surface area contributed by atoms with Crippen molar-refractivity contribution in [1.29, 1.82) is 0 Å². The second kappa shape index (κ2) is 8.03. The molecular formula is C15H26N2O3S. The summed E-state index contributed by atoms with van der Waals surface area (Å²) in [5, 5.41) is 13.1. The lowest BCUT2D eigenvalue weighted by molar-refractivity contribution is -0.145. The van der Waals surface area contributed by atoms with Gasteiger partial charge < -0.3 is 15.3 Å². The molecule has 0 aromatic rings. The van der Waals surface area contributed by atoms with E-state index in [1.807, 2.05) is 11.8 Å². The molecule has 2 aliphatic rings. The van der Waals surface area contributed by atoms with Gasteiger partial charge in [0.15, 0.2) is 0 Å². The first-order chi connectivity index (χ1) is 10.1. The van der Waals surface area contributed by atoms with E-state index in [2.05, 4.69) is 12.2 Å². The third-order valence-corrected chi connectivity index (χ3v) is 5.76. The fourth-order valence-electron chi connectivity index (χ4n) is 3.23. The van der Waals surface area contributed by atoms with Gasteiger partial charge in [0.25, 0.3) is 0 Å². The smallest absolute Gasteiger partial charge is 0.306 e. The van der Waals surface area contributed by atoms with Gasteiger partial charge in [0, 0.05) is 24.4 Å². The number of carboxylic acid groups (broad SMARTS) is 1. The van der Waals surface area contributed by atoms with E-state index >= 15 is 0 Å². The molecule has 0 radical (unpaired) electrons. The van der Waals surface area contributed by atoms with Crippen LogP contribution in [-0.4, -0.2) is 58.6 Å². The molecule has 2 fully saturated rings. The molecule has 1 saturated heterocycles. The molecule has 21 heavy (non-hydrogen) atoms. The lowest BCUT2D eigenvalue weighted by atomic mass is 9.97. The number of nitrogens with one attached hydrogen (secondary N) is 1. The van der Waals surface area contributed by atoms with E-state index in [4.69, 9.17) is 5.11 Å². The molecule has 1 amide bonds. The molecule has 0 aromatic heterocycles. The number of thioether (sulfide) groups is 1. The molecule has 1 aliphatic heterocycles. The van der Waals surface area contributed by atoms with E-state index in [1.165, 1.54) is 6.42 Å². The van der Waals surface area contributed by atoms with Gasteiger partial charge in [-0.15, -0.1) is 0 Å². The first-order valence-corrected chi connectivity index (χ1v) is 9.00. The third-order valence-electron chi connectivity index (χ3n) is 4.53. The molecule has 120 valence electrons. The van der Waals surface area contributed by atoms with Crippen molar-refractivity contribution in [3.63, 3.8) is 0 Å². The van der Waals surface area contributed by atoms with Gasteiger partial charge in [-0.3, -0.25) is 9.59 Å². The third kappa shape index (κ3) is 4.88. The summed E-state index contributed by atoms with van der Waals surface area (Å²) in [6.45, 7) is 3.74. The quantitative estimate of drug-likeness (QED) is 0.779. The standard InChI is InChI=1S/C15H26N2O3S/c1-2-21-13-4-3-12(9-13)16-10-14(18)17-7-5-11(6-8-17)15(19)20/h11-13,16H,2-10H2,1H3,(H,19,20). The average molecular weight is 314 g/mol. The Labute approximate surface area is 130 Å². The number of amides is 1. The number of carbonyl (C=O) groups excluding carboxylic acids is 1. The molecule has 2 rings (SSSR count). The van der Waals surface area contributed by atoms with Crippen LogP contribution in [0.4, 0.5) is 0 Å². The fourth-order valence-corrected chi connectivity index (χ4v) is 4.37. The highest BCUT2D eigenvalue weighted by molar-refractivity contribution is 7.99. The van der Waals surface area contributed by atoms with Gasteiger partial charge in [-0.05, 0) is 37.9 Å². The van der Waals surface area contributed by atoms with Crippen molar-refractivity contribution < 1.29 is 14.7 Å². The first kappa shape index (κ1) is 16.6. The SMILES string of the molecule is CCSC1CCC(NCC(=O)N2CCC(C(=O)O)CC2)C1. The molecule has 5 nitrogen and oxygen atoms in total. The summed E-state index contributed by atoms with van der Waals surface area (Å²) >= 11 is 2.02. The number of hydrogen-bond acceptors (Lipinski definition) is 4. The van der Waals surface area contributed by atoms with E-state index in [0.29, 0.717) is 38.5 Å². The van der Waals surface area contributed by atoms with E-state index in [0.717, 1.165) is 23.8 Å². The molecule has 2 N–H and O–H groups in total. The number of rotatable bonds is 6. The zero-order valence-electron chi connectivity index (χ0n) is 12.7. The van der Waals surface area contributed by atoms with Crippen LogP contribution in [0.3, 0.4) is 0 Å². The second-order valence-corrected chi connectivity index (χ2v) is 7.54. The minimum atomic E-state index is -0.731. The minimum Gasteiger partial charge on any atom is -0.481 e. The van der Waals surface area contributed by atoms with Crippen LogP contribution in [-0.2, 0) is 9.59 Å². The van der Waals surface area contributed by atoms with Crippen molar-refractivity contribution in [3.8, 4) is 0 Å². The Morgan fingerprint density at radius 3 is 2.57 bits per heavy atom. The first-order valence-electron chi connectivity index (χ1n) is 7.95. The zero-order chi connectivity index (χ0) is 15.2. The van der Waals surface area contributed by atoms with Gasteiger partial charge in [-0.2, -0.15) is 11.8 Å². The molecule has 1 saturated carbocycles. The summed E-state index contributed by atoms with van der Waals surface area (Å²) in [5.74, 6) is 0.272. The van der Waals surface area contributed by atoms with Gasteiger partial charge in [-0.1, -0.05) is 6.92 Å². The van der Waals surface area contributed by atoms with Crippen molar-refractivity contribution in [3.05, 3.63) is 0 Å². The molecule has 6 heteroatoms. The van der Waals surface area contributed by atoms with Crippen molar-refractivity contribution in [1.82, 2.24) is 10.2 Å². The minimum absolute atomic E-state index is 0.116. The predicted molar refractivity (Wildman–Crippen MR) is 84.5 cm³/mol. The van der Waals surface area contributed by atoms with Crippen LogP contribution < -0.4 is 5.32 Å². The maximum atomic E-state index is 12.1. The predicted octanol–water partition coefficient (Wildman–Crippen LogP) is 1.57. The summed E-state index contributed by atoms with van der Waals surface area (Å²) in [6, 6.07) is 0.467. The Hall–Kier alpha value is -0.750. The summed E-state index contributed by atoms with van der Waals surface area (Å²) in [4.78, 5) is 24.9. The number of hydrogen-bond donors (Lipinski definition) is 2. The second-order valence-electron chi connectivity index (χ2n) is 5.96. The summed E-state index contributed by atoms with van der Waals surface area (Å²) < 4.78 is 0. The van der Waals surface area contributed by atoms with Crippen molar-refractivity contribution in [2.24, 2.45) is 5.92 Å². The summed E-state index contributed by atoms with van der Waals surface area (Å²) in [7, 11) is 0. The molecule has 1 heterocycles. The lowest BCUT2D eigenvalue weighted by Gasteiger charge is -2.30. The maximum Gasteiger partial charge on any atom is 0.306 e. The number of likely N-dealkylation sites (tertiary alicyclic amines) is 1. The number of carbonyl (C=O) groups is 2. The molecule has 0 spiro atoms. The van der Waals surface area contributed by atoms with Crippen LogP contribution in [0.5, 0.6) is 0 Å². The lowest BCUT2D eigenvalue weighted by Crippen LogP contribution is -2.45. The number of aliphatic carboxylic acids is 1. The highest BCUT2D eigenvalue weighted by Crippen LogP contribution is 2.29. The topological polar surface area (TPSA) is 69.6 Å².